The zero-order valence-electron chi connectivity index (χ0n) is 10.1. The normalized spacial score (nSPS) is 23.7. The van der Waals surface area contributed by atoms with Crippen molar-refractivity contribution < 1.29 is 9.53 Å². The number of halogens is 1. The van der Waals surface area contributed by atoms with Crippen molar-refractivity contribution in [3.05, 3.63) is 29.8 Å². The molecule has 4 heteroatoms. The molecule has 0 spiro atoms. The fourth-order valence-electron chi connectivity index (χ4n) is 2.62. The molecule has 0 bridgehead atoms. The van der Waals surface area contributed by atoms with Crippen LogP contribution in [0, 0.1) is 0 Å². The minimum Gasteiger partial charge on any atom is -0.492 e. The minimum atomic E-state index is -0.193. The molecule has 1 aromatic carbocycles. The summed E-state index contributed by atoms with van der Waals surface area (Å²) in [5.74, 6) is 1.17. The predicted molar refractivity (Wildman–Crippen MR) is 70.1 cm³/mol. The predicted octanol–water partition coefficient (Wildman–Crippen LogP) is 2.44. The van der Waals surface area contributed by atoms with Gasteiger partial charge in [0.25, 0.3) is 0 Å². The summed E-state index contributed by atoms with van der Waals surface area (Å²) in [5, 5.41) is 3.11. The van der Waals surface area contributed by atoms with Gasteiger partial charge in [0.2, 0.25) is 5.91 Å². The van der Waals surface area contributed by atoms with Crippen LogP contribution in [0.4, 0.5) is 0 Å². The van der Waals surface area contributed by atoms with Crippen molar-refractivity contribution in [1.29, 1.82) is 0 Å². The van der Waals surface area contributed by atoms with Crippen molar-refractivity contribution in [3.63, 3.8) is 0 Å². The second kappa shape index (κ2) is 4.47. The zero-order chi connectivity index (χ0) is 12.6. The molecule has 2 aliphatic rings. The number of carbonyl (C=O) groups is 1. The number of amides is 1. The van der Waals surface area contributed by atoms with Gasteiger partial charge < -0.3 is 10.1 Å². The largest absolute Gasteiger partial charge is 0.492 e. The van der Waals surface area contributed by atoms with Crippen LogP contribution in [0.3, 0.4) is 0 Å². The van der Waals surface area contributed by atoms with Gasteiger partial charge in [0, 0.05) is 11.4 Å². The van der Waals surface area contributed by atoms with Crippen LogP contribution in [-0.2, 0) is 4.79 Å². The molecule has 1 amide bonds. The lowest BCUT2D eigenvalue weighted by Gasteiger charge is -2.41. The van der Waals surface area contributed by atoms with Gasteiger partial charge in [-0.15, -0.1) is 11.6 Å². The maximum absolute atomic E-state index is 12.3. The van der Waals surface area contributed by atoms with Crippen molar-refractivity contribution in [1.82, 2.24) is 5.32 Å². The number of benzene rings is 1. The van der Waals surface area contributed by atoms with Gasteiger partial charge in [0.1, 0.15) is 18.3 Å². The summed E-state index contributed by atoms with van der Waals surface area (Å²) in [5.41, 5.74) is 0.815. The van der Waals surface area contributed by atoms with E-state index >= 15 is 0 Å². The second-order valence-corrected chi connectivity index (χ2v) is 5.43. The molecule has 1 aromatic rings. The maximum Gasteiger partial charge on any atom is 0.231 e. The highest BCUT2D eigenvalue weighted by molar-refractivity contribution is 6.19. The van der Waals surface area contributed by atoms with E-state index in [9.17, 15) is 4.79 Å². The van der Waals surface area contributed by atoms with Crippen molar-refractivity contribution in [2.24, 2.45) is 0 Å². The number of nitrogens with one attached hydrogen (secondary N) is 1. The molecule has 3 nitrogen and oxygen atoms in total. The molecule has 0 radical (unpaired) electrons. The summed E-state index contributed by atoms with van der Waals surface area (Å²) in [6.45, 7) is 0.434. The zero-order valence-corrected chi connectivity index (χ0v) is 10.9. The van der Waals surface area contributed by atoms with Crippen LogP contribution in [0.15, 0.2) is 24.3 Å². The summed E-state index contributed by atoms with van der Waals surface area (Å²) in [6.07, 6.45) is 3.11. The van der Waals surface area contributed by atoms with Crippen molar-refractivity contribution >= 4 is 17.5 Å². The van der Waals surface area contributed by atoms with E-state index in [0.717, 1.165) is 30.6 Å². The molecule has 3 rings (SSSR count). The maximum atomic E-state index is 12.3. The Labute approximate surface area is 111 Å². The fourth-order valence-corrected chi connectivity index (χ4v) is 2.96. The molecule has 1 unspecified atom stereocenters. The molecule has 1 heterocycles. The molecule has 1 saturated carbocycles. The monoisotopic (exact) mass is 265 g/mol. The summed E-state index contributed by atoms with van der Waals surface area (Å²) >= 11 is 5.97. The number of carbonyl (C=O) groups excluding carboxylic acids is 1. The average Bonchev–Trinajstić information content (AvgIpc) is 2.77. The first-order valence-electron chi connectivity index (χ1n) is 6.34. The first-order valence-corrected chi connectivity index (χ1v) is 6.87. The Morgan fingerprint density at radius 1 is 1.44 bits per heavy atom. The summed E-state index contributed by atoms with van der Waals surface area (Å²) in [7, 11) is 0. The Morgan fingerprint density at radius 2 is 2.22 bits per heavy atom. The average molecular weight is 266 g/mol. The lowest BCUT2D eigenvalue weighted by atomic mass is 9.78. The third-order valence-corrected chi connectivity index (χ3v) is 4.48. The lowest BCUT2D eigenvalue weighted by Crippen LogP contribution is -2.56. The highest BCUT2D eigenvalue weighted by Gasteiger charge is 2.40. The van der Waals surface area contributed by atoms with E-state index in [1.54, 1.807) is 0 Å². The minimum absolute atomic E-state index is 0.0419. The van der Waals surface area contributed by atoms with Crippen molar-refractivity contribution in [3.8, 4) is 5.75 Å². The number of fused-ring (bicyclic) bond motifs is 1. The van der Waals surface area contributed by atoms with Crippen LogP contribution >= 0.6 is 11.6 Å². The van der Waals surface area contributed by atoms with Gasteiger partial charge in [0.05, 0.1) is 5.54 Å². The van der Waals surface area contributed by atoms with Gasteiger partial charge in [-0.2, -0.15) is 0 Å². The quantitative estimate of drug-likeness (QED) is 0.853. The molecular formula is C14H16ClNO2. The number of hydrogen-bond donors (Lipinski definition) is 1. The summed E-state index contributed by atoms with van der Waals surface area (Å²) < 4.78 is 5.54. The molecule has 0 aromatic heterocycles. The summed E-state index contributed by atoms with van der Waals surface area (Å²) in [6, 6.07) is 7.73. The molecule has 96 valence electrons. The highest BCUT2D eigenvalue weighted by atomic mass is 35.5. The molecule has 1 atom stereocenters. The Balaban J connectivity index is 1.75. The molecule has 1 aliphatic carbocycles. The Bertz CT molecular complexity index is 465. The van der Waals surface area contributed by atoms with Crippen LogP contribution in [-0.4, -0.2) is 23.9 Å². The standard InChI is InChI=1S/C14H16ClNO2/c15-9-14(6-3-7-14)16-13(17)11-8-18-12-5-2-1-4-10(11)12/h1-2,4-5,11H,3,6-9H2,(H,16,17). The SMILES string of the molecule is O=C(NC1(CCl)CCC1)C1COc2ccccc21. The smallest absolute Gasteiger partial charge is 0.231 e. The van der Waals surface area contributed by atoms with E-state index in [2.05, 4.69) is 5.32 Å². The topological polar surface area (TPSA) is 38.3 Å². The molecule has 1 aliphatic heterocycles. The number of rotatable bonds is 3. The van der Waals surface area contributed by atoms with Crippen LogP contribution in [0.1, 0.15) is 30.7 Å². The lowest BCUT2D eigenvalue weighted by molar-refractivity contribution is -0.125. The fraction of sp³-hybridized carbons (Fsp3) is 0.500. The van der Waals surface area contributed by atoms with Gasteiger partial charge in [-0.25, -0.2) is 0 Å². The van der Waals surface area contributed by atoms with E-state index in [4.69, 9.17) is 16.3 Å². The number of para-hydroxylation sites is 1. The highest BCUT2D eigenvalue weighted by Crippen LogP contribution is 2.37. The van der Waals surface area contributed by atoms with Crippen LogP contribution in [0.5, 0.6) is 5.75 Å². The second-order valence-electron chi connectivity index (χ2n) is 5.16. The molecular weight excluding hydrogens is 250 g/mol. The summed E-state index contributed by atoms with van der Waals surface area (Å²) in [4.78, 5) is 12.3. The first-order chi connectivity index (χ1) is 8.74. The third-order valence-electron chi connectivity index (χ3n) is 3.97. The van der Waals surface area contributed by atoms with Crippen molar-refractivity contribution in [2.45, 2.75) is 30.7 Å². The third kappa shape index (κ3) is 1.87. The number of hydrogen-bond acceptors (Lipinski definition) is 2. The van der Waals surface area contributed by atoms with Gasteiger partial charge in [-0.1, -0.05) is 18.2 Å². The van der Waals surface area contributed by atoms with Crippen LogP contribution in [0.25, 0.3) is 0 Å². The Hall–Kier alpha value is -1.22. The van der Waals surface area contributed by atoms with Gasteiger partial charge >= 0.3 is 0 Å². The van der Waals surface area contributed by atoms with E-state index in [1.165, 1.54) is 0 Å². The van der Waals surface area contributed by atoms with Gasteiger partial charge in [-0.3, -0.25) is 4.79 Å². The van der Waals surface area contributed by atoms with Crippen molar-refractivity contribution in [2.75, 3.05) is 12.5 Å². The molecule has 0 saturated heterocycles. The number of alkyl halides is 1. The van der Waals surface area contributed by atoms with Crippen LogP contribution in [0.2, 0.25) is 0 Å². The Morgan fingerprint density at radius 3 is 2.89 bits per heavy atom. The van der Waals surface area contributed by atoms with Gasteiger partial charge in [-0.05, 0) is 25.3 Å². The van der Waals surface area contributed by atoms with E-state index < -0.39 is 0 Å². The van der Waals surface area contributed by atoms with E-state index in [0.29, 0.717) is 12.5 Å². The first kappa shape index (κ1) is 11.8. The number of ether oxygens (including phenoxy) is 1. The Kier molecular flexibility index (Phi) is 2.94. The van der Waals surface area contributed by atoms with Crippen LogP contribution < -0.4 is 10.1 Å². The molecule has 18 heavy (non-hydrogen) atoms. The molecule has 1 fully saturated rings. The van der Waals surface area contributed by atoms with E-state index in [-0.39, 0.29) is 17.4 Å². The van der Waals surface area contributed by atoms with Gasteiger partial charge in [0.15, 0.2) is 0 Å². The molecule has 1 N–H and O–H groups in total. The van der Waals surface area contributed by atoms with E-state index in [1.807, 2.05) is 24.3 Å².